The van der Waals surface area contributed by atoms with Gasteiger partial charge in [0.15, 0.2) is 0 Å². The zero-order valence-corrected chi connectivity index (χ0v) is 15.2. The van der Waals surface area contributed by atoms with Gasteiger partial charge in [-0.05, 0) is 40.6 Å². The second-order valence-corrected chi connectivity index (χ2v) is 5.97. The van der Waals surface area contributed by atoms with Crippen molar-refractivity contribution in [1.29, 1.82) is 0 Å². The molecular weight excluding hydrogens is 402 g/mol. The van der Waals surface area contributed by atoms with Crippen molar-refractivity contribution in [3.8, 4) is 5.75 Å². The van der Waals surface area contributed by atoms with Gasteiger partial charge in [-0.3, -0.25) is 4.79 Å². The van der Waals surface area contributed by atoms with Crippen LogP contribution in [-0.2, 0) is 9.53 Å². The summed E-state index contributed by atoms with van der Waals surface area (Å²) >= 11 is 7.01. The lowest BCUT2D eigenvalue weighted by atomic mass is 10.00. The highest BCUT2D eigenvalue weighted by atomic mass is 79.9. The first-order chi connectivity index (χ1) is 10.1. The molecule has 0 N–H and O–H groups in total. The van der Waals surface area contributed by atoms with Gasteiger partial charge in [-0.15, -0.1) is 0 Å². The molecule has 1 heterocycles. The minimum absolute atomic E-state index is 0.217. The lowest BCUT2D eigenvalue weighted by Crippen LogP contribution is -2.33. The van der Waals surface area contributed by atoms with Crippen LogP contribution in [-0.4, -0.2) is 38.1 Å². The second kappa shape index (κ2) is 7.31. The maximum absolute atomic E-state index is 11.7. The van der Waals surface area contributed by atoms with Gasteiger partial charge in [-0.1, -0.05) is 22.0 Å². The van der Waals surface area contributed by atoms with E-state index >= 15 is 0 Å². The summed E-state index contributed by atoms with van der Waals surface area (Å²) in [4.78, 5) is 13.8. The number of ether oxygens (including phenoxy) is 2. The molecule has 0 bridgehead atoms. The highest BCUT2D eigenvalue weighted by Gasteiger charge is 2.22. The van der Waals surface area contributed by atoms with Crippen molar-refractivity contribution in [1.82, 2.24) is 0 Å². The second-order valence-electron chi connectivity index (χ2n) is 4.55. The fraction of sp³-hybridized carbons (Fsp3) is 0.400. The van der Waals surface area contributed by atoms with Gasteiger partial charge < -0.3 is 14.4 Å². The van der Waals surface area contributed by atoms with E-state index in [1.807, 2.05) is 24.0 Å². The summed E-state index contributed by atoms with van der Waals surface area (Å²) in [6.07, 6.45) is 2.11. The quantitative estimate of drug-likeness (QED) is 0.540. The van der Waals surface area contributed by atoms with Gasteiger partial charge in [0.1, 0.15) is 12.3 Å². The van der Waals surface area contributed by atoms with Gasteiger partial charge in [0.2, 0.25) is 0 Å². The number of rotatable bonds is 5. The van der Waals surface area contributed by atoms with Crippen molar-refractivity contribution in [2.24, 2.45) is 0 Å². The van der Waals surface area contributed by atoms with E-state index in [0.29, 0.717) is 13.2 Å². The Bertz CT molecular complexity index is 572. The third kappa shape index (κ3) is 3.61. The molecule has 0 unspecified atom stereocenters. The molecule has 1 aromatic carbocycles. The Morgan fingerprint density at radius 1 is 1.43 bits per heavy atom. The Kier molecular flexibility index (Phi) is 5.70. The molecule has 0 fully saturated rings. The summed E-state index contributed by atoms with van der Waals surface area (Å²) in [6, 6.07) is 3.98. The fourth-order valence-corrected chi connectivity index (χ4v) is 3.31. The maximum atomic E-state index is 11.7. The van der Waals surface area contributed by atoms with Crippen LogP contribution in [0.25, 0.3) is 5.57 Å². The number of methoxy groups -OCH3 is 1. The number of allylic oxidation sites excluding steroid dienone is 1. The number of carbonyl (C=O) groups is 1. The Morgan fingerprint density at radius 3 is 2.81 bits per heavy atom. The first kappa shape index (κ1) is 16.4. The first-order valence-corrected chi connectivity index (χ1v) is 8.55. The van der Waals surface area contributed by atoms with E-state index in [4.69, 9.17) is 9.47 Å². The summed E-state index contributed by atoms with van der Waals surface area (Å²) < 4.78 is 11.3. The topological polar surface area (TPSA) is 38.8 Å². The van der Waals surface area contributed by atoms with E-state index in [1.165, 1.54) is 5.57 Å². The average Bonchev–Trinajstić information content (AvgIpc) is 2.47. The van der Waals surface area contributed by atoms with Crippen molar-refractivity contribution < 1.29 is 14.3 Å². The summed E-state index contributed by atoms with van der Waals surface area (Å²) in [5.41, 5.74) is 3.27. The van der Waals surface area contributed by atoms with Crippen molar-refractivity contribution in [3.05, 3.63) is 28.2 Å². The van der Waals surface area contributed by atoms with Crippen molar-refractivity contribution in [2.75, 3.05) is 37.0 Å². The standard InChI is InChI=1S/C15H17Br2NO3/c1-3-21-15(19)9-18-5-4-10(8-16)11-6-14(20-2)12(17)7-13(11)18/h4,6-7H,3,5,8-9H2,1-2H3. The highest BCUT2D eigenvalue weighted by molar-refractivity contribution is 9.10. The van der Waals surface area contributed by atoms with E-state index in [-0.39, 0.29) is 12.5 Å². The zero-order chi connectivity index (χ0) is 15.4. The number of hydrogen-bond acceptors (Lipinski definition) is 4. The summed E-state index contributed by atoms with van der Waals surface area (Å²) in [5.74, 6) is 0.560. The maximum Gasteiger partial charge on any atom is 0.325 e. The van der Waals surface area contributed by atoms with Gasteiger partial charge in [0.05, 0.1) is 18.2 Å². The molecule has 0 atom stereocenters. The number of carbonyl (C=O) groups excluding carboxylic acids is 1. The molecule has 0 radical (unpaired) electrons. The largest absolute Gasteiger partial charge is 0.496 e. The van der Waals surface area contributed by atoms with Crippen LogP contribution in [0.5, 0.6) is 5.75 Å². The molecule has 21 heavy (non-hydrogen) atoms. The molecule has 4 nitrogen and oxygen atoms in total. The van der Waals surface area contributed by atoms with Gasteiger partial charge in [0.25, 0.3) is 0 Å². The lowest BCUT2D eigenvalue weighted by Gasteiger charge is -2.30. The summed E-state index contributed by atoms with van der Waals surface area (Å²) in [6.45, 7) is 3.14. The van der Waals surface area contributed by atoms with E-state index in [0.717, 1.165) is 26.8 Å². The molecule has 0 amide bonds. The third-order valence-electron chi connectivity index (χ3n) is 3.28. The van der Waals surface area contributed by atoms with Gasteiger partial charge >= 0.3 is 5.97 Å². The predicted octanol–water partition coefficient (Wildman–Crippen LogP) is 3.62. The number of alkyl halides is 1. The molecule has 6 heteroatoms. The number of nitrogens with zero attached hydrogens (tertiary/aromatic N) is 1. The van der Waals surface area contributed by atoms with Gasteiger partial charge in [-0.25, -0.2) is 0 Å². The molecule has 2 rings (SSSR count). The van der Waals surface area contributed by atoms with Crippen LogP contribution in [0.1, 0.15) is 12.5 Å². The molecule has 0 spiro atoms. The Labute approximate surface area is 141 Å². The SMILES string of the molecule is CCOC(=O)CN1CC=C(CBr)c2cc(OC)c(Br)cc21. The number of esters is 1. The minimum Gasteiger partial charge on any atom is -0.496 e. The van der Waals surface area contributed by atoms with Crippen molar-refractivity contribution >= 4 is 49.1 Å². The van der Waals surface area contributed by atoms with Crippen LogP contribution in [0.15, 0.2) is 22.7 Å². The van der Waals surface area contributed by atoms with Gasteiger partial charge in [-0.2, -0.15) is 0 Å². The van der Waals surface area contributed by atoms with Crippen LogP contribution in [0.4, 0.5) is 5.69 Å². The molecule has 1 aromatic rings. The number of halogens is 2. The van der Waals surface area contributed by atoms with Crippen LogP contribution in [0, 0.1) is 0 Å². The van der Waals surface area contributed by atoms with E-state index < -0.39 is 0 Å². The van der Waals surface area contributed by atoms with Crippen LogP contribution in [0.3, 0.4) is 0 Å². The number of anilines is 1. The smallest absolute Gasteiger partial charge is 0.325 e. The third-order valence-corrected chi connectivity index (χ3v) is 4.51. The minimum atomic E-state index is -0.217. The van der Waals surface area contributed by atoms with Crippen molar-refractivity contribution in [3.63, 3.8) is 0 Å². The Hall–Kier alpha value is -1.01. The normalized spacial score (nSPS) is 13.5. The zero-order valence-electron chi connectivity index (χ0n) is 12.0. The van der Waals surface area contributed by atoms with Crippen LogP contribution < -0.4 is 9.64 Å². The van der Waals surface area contributed by atoms with E-state index in [1.54, 1.807) is 7.11 Å². The summed E-state index contributed by atoms with van der Waals surface area (Å²) in [5, 5.41) is 0.762. The van der Waals surface area contributed by atoms with E-state index in [2.05, 4.69) is 37.9 Å². The molecule has 0 aliphatic carbocycles. The lowest BCUT2D eigenvalue weighted by molar-refractivity contribution is -0.141. The molecule has 114 valence electrons. The average molecular weight is 419 g/mol. The van der Waals surface area contributed by atoms with Crippen molar-refractivity contribution in [2.45, 2.75) is 6.92 Å². The van der Waals surface area contributed by atoms with Crippen LogP contribution >= 0.6 is 31.9 Å². The molecule has 1 aliphatic rings. The molecular formula is C15H17Br2NO3. The Balaban J connectivity index is 2.37. The van der Waals surface area contributed by atoms with Gasteiger partial charge in [0, 0.05) is 23.1 Å². The van der Waals surface area contributed by atoms with E-state index in [9.17, 15) is 4.79 Å². The number of benzene rings is 1. The fourth-order valence-electron chi connectivity index (χ4n) is 2.29. The monoisotopic (exact) mass is 417 g/mol. The van der Waals surface area contributed by atoms with Crippen LogP contribution in [0.2, 0.25) is 0 Å². The predicted molar refractivity (Wildman–Crippen MR) is 91.3 cm³/mol. The summed E-state index contributed by atoms with van der Waals surface area (Å²) in [7, 11) is 1.64. The molecule has 0 aromatic heterocycles. The Morgan fingerprint density at radius 2 is 2.19 bits per heavy atom. The number of hydrogen-bond donors (Lipinski definition) is 0. The highest BCUT2D eigenvalue weighted by Crippen LogP contribution is 2.39. The first-order valence-electron chi connectivity index (χ1n) is 6.64. The molecule has 0 saturated heterocycles. The molecule has 1 aliphatic heterocycles. The number of fused-ring (bicyclic) bond motifs is 1. The molecule has 0 saturated carbocycles.